The van der Waals surface area contributed by atoms with E-state index in [1.54, 1.807) is 17.5 Å². The first kappa shape index (κ1) is 16.9. The molecule has 7 nitrogen and oxygen atoms in total. The highest BCUT2D eigenvalue weighted by molar-refractivity contribution is 7.09. The van der Waals surface area contributed by atoms with Gasteiger partial charge in [0.05, 0.1) is 11.2 Å². The lowest BCUT2D eigenvalue weighted by molar-refractivity contribution is 0.157. The number of amides is 2. The molecular formula is C16H24N6OS. The minimum Gasteiger partial charge on any atom is -0.337 e. The molecule has 0 aromatic carbocycles. The molecule has 2 unspecified atom stereocenters. The van der Waals surface area contributed by atoms with Gasteiger partial charge in [-0.1, -0.05) is 12.1 Å². The molecule has 2 aromatic heterocycles. The van der Waals surface area contributed by atoms with Crippen molar-refractivity contribution in [2.24, 2.45) is 5.92 Å². The molecule has 2 atom stereocenters. The van der Waals surface area contributed by atoms with E-state index < -0.39 is 0 Å². The first-order valence-corrected chi connectivity index (χ1v) is 9.28. The second-order valence-electron chi connectivity index (χ2n) is 6.49. The van der Waals surface area contributed by atoms with Gasteiger partial charge in [-0.2, -0.15) is 0 Å². The van der Waals surface area contributed by atoms with Crippen LogP contribution in [0.15, 0.2) is 17.8 Å². The van der Waals surface area contributed by atoms with Crippen molar-refractivity contribution in [3.05, 3.63) is 28.5 Å². The molecule has 8 heteroatoms. The van der Waals surface area contributed by atoms with Crippen LogP contribution in [0.25, 0.3) is 0 Å². The van der Waals surface area contributed by atoms with Gasteiger partial charge >= 0.3 is 6.03 Å². The van der Waals surface area contributed by atoms with Crippen LogP contribution < -0.4 is 5.32 Å². The zero-order valence-electron chi connectivity index (χ0n) is 14.2. The van der Waals surface area contributed by atoms with Crippen LogP contribution in [-0.2, 0) is 6.54 Å². The number of nitrogens with one attached hydrogen (secondary N) is 1. The number of aromatic nitrogens is 4. The Labute approximate surface area is 146 Å². The molecule has 0 spiro atoms. The second-order valence-corrected chi connectivity index (χ2v) is 7.38. The number of aryl methyl sites for hydroxylation is 1. The third kappa shape index (κ3) is 4.31. The summed E-state index contributed by atoms with van der Waals surface area (Å²) in [5.41, 5.74) is 1.04. The molecule has 2 aromatic rings. The van der Waals surface area contributed by atoms with Gasteiger partial charge in [0.25, 0.3) is 0 Å². The van der Waals surface area contributed by atoms with Crippen molar-refractivity contribution in [2.45, 2.75) is 39.2 Å². The van der Waals surface area contributed by atoms with Crippen molar-refractivity contribution in [3.8, 4) is 0 Å². The van der Waals surface area contributed by atoms with Crippen molar-refractivity contribution < 1.29 is 4.79 Å². The van der Waals surface area contributed by atoms with Crippen LogP contribution in [0.5, 0.6) is 0 Å². The zero-order chi connectivity index (χ0) is 16.9. The predicted molar refractivity (Wildman–Crippen MR) is 93.0 cm³/mol. The molecule has 2 amide bonds. The van der Waals surface area contributed by atoms with Crippen molar-refractivity contribution >= 4 is 17.4 Å². The molecule has 24 heavy (non-hydrogen) atoms. The lowest BCUT2D eigenvalue weighted by Gasteiger charge is -2.32. The number of likely N-dealkylation sites (tertiary alicyclic amines) is 1. The molecule has 130 valence electrons. The van der Waals surface area contributed by atoms with Gasteiger partial charge < -0.3 is 10.2 Å². The quantitative estimate of drug-likeness (QED) is 0.899. The van der Waals surface area contributed by atoms with Gasteiger partial charge in [0.2, 0.25) is 0 Å². The average Bonchev–Trinajstić information content (AvgIpc) is 3.24. The predicted octanol–water partition coefficient (Wildman–Crippen LogP) is 2.27. The summed E-state index contributed by atoms with van der Waals surface area (Å²) in [6.07, 6.45) is 5.72. The summed E-state index contributed by atoms with van der Waals surface area (Å²) in [6, 6.07) is 0.0263. The van der Waals surface area contributed by atoms with E-state index in [1.165, 1.54) is 0 Å². The number of rotatable bonds is 5. The lowest BCUT2D eigenvalue weighted by Crippen LogP contribution is -2.47. The molecule has 0 aliphatic carbocycles. The molecule has 1 aliphatic rings. The maximum Gasteiger partial charge on any atom is 0.317 e. The fraction of sp³-hybridized carbons (Fsp3) is 0.625. The van der Waals surface area contributed by atoms with E-state index in [0.717, 1.165) is 43.2 Å². The summed E-state index contributed by atoms with van der Waals surface area (Å²) in [7, 11) is 0. The summed E-state index contributed by atoms with van der Waals surface area (Å²) in [4.78, 5) is 18.9. The second kappa shape index (κ2) is 7.74. The van der Waals surface area contributed by atoms with Gasteiger partial charge in [-0.05, 0) is 25.7 Å². The molecule has 0 radical (unpaired) electrons. The zero-order valence-corrected chi connectivity index (χ0v) is 15.0. The Balaban J connectivity index is 1.47. The highest BCUT2D eigenvalue weighted by Gasteiger charge is 2.24. The van der Waals surface area contributed by atoms with Crippen LogP contribution in [0.1, 0.15) is 36.4 Å². The largest absolute Gasteiger partial charge is 0.337 e. The van der Waals surface area contributed by atoms with Crippen LogP contribution in [0.2, 0.25) is 0 Å². The van der Waals surface area contributed by atoms with E-state index in [-0.39, 0.29) is 11.9 Å². The van der Waals surface area contributed by atoms with E-state index in [2.05, 4.69) is 27.5 Å². The van der Waals surface area contributed by atoms with Gasteiger partial charge in [-0.25, -0.2) is 9.78 Å². The van der Waals surface area contributed by atoms with E-state index in [4.69, 9.17) is 0 Å². The fourth-order valence-corrected chi connectivity index (χ4v) is 3.89. The SMILES string of the molecule is Cc1csc(C(C)CNC(=O)N2CCCC(Cn3ccnn3)C2)n1. The van der Waals surface area contributed by atoms with Crippen molar-refractivity contribution in [3.63, 3.8) is 0 Å². The smallest absolute Gasteiger partial charge is 0.317 e. The highest BCUT2D eigenvalue weighted by Crippen LogP contribution is 2.20. The Morgan fingerprint density at radius 2 is 2.42 bits per heavy atom. The molecular weight excluding hydrogens is 324 g/mol. The Bertz CT molecular complexity index is 655. The molecule has 3 rings (SSSR count). The highest BCUT2D eigenvalue weighted by atomic mass is 32.1. The third-order valence-corrected chi connectivity index (χ3v) is 5.54. The van der Waals surface area contributed by atoms with Gasteiger partial charge in [0, 0.05) is 49.4 Å². The molecule has 0 bridgehead atoms. The van der Waals surface area contributed by atoms with Gasteiger partial charge in [-0.15, -0.1) is 16.4 Å². The first-order chi connectivity index (χ1) is 11.6. The van der Waals surface area contributed by atoms with E-state index in [1.807, 2.05) is 28.1 Å². The standard InChI is InChI=1S/C16H24N6OS/c1-12(15-19-13(2)11-24-15)8-17-16(23)21-6-3-4-14(9-21)10-22-7-5-18-20-22/h5,7,11-12,14H,3-4,6,8-10H2,1-2H3,(H,17,23). The molecule has 1 saturated heterocycles. The van der Waals surface area contributed by atoms with E-state index >= 15 is 0 Å². The molecule has 1 aliphatic heterocycles. The van der Waals surface area contributed by atoms with Crippen LogP contribution in [0.4, 0.5) is 4.79 Å². The summed E-state index contributed by atoms with van der Waals surface area (Å²) in [6.45, 7) is 7.13. The maximum atomic E-state index is 12.5. The summed E-state index contributed by atoms with van der Waals surface area (Å²) in [5, 5.41) is 14.0. The summed E-state index contributed by atoms with van der Waals surface area (Å²) >= 11 is 1.66. The van der Waals surface area contributed by atoms with Crippen molar-refractivity contribution in [1.29, 1.82) is 0 Å². The van der Waals surface area contributed by atoms with Crippen molar-refractivity contribution in [1.82, 2.24) is 30.2 Å². The Morgan fingerprint density at radius 3 is 3.12 bits per heavy atom. The number of hydrogen-bond acceptors (Lipinski definition) is 5. The minimum absolute atomic E-state index is 0.0263. The first-order valence-electron chi connectivity index (χ1n) is 8.40. The third-order valence-electron chi connectivity index (χ3n) is 4.34. The van der Waals surface area contributed by atoms with Gasteiger partial charge in [0.15, 0.2) is 0 Å². The number of piperidine rings is 1. The number of carbonyl (C=O) groups excluding carboxylic acids is 1. The van der Waals surface area contributed by atoms with E-state index in [0.29, 0.717) is 12.5 Å². The van der Waals surface area contributed by atoms with Crippen LogP contribution in [0.3, 0.4) is 0 Å². The number of hydrogen-bond donors (Lipinski definition) is 1. The molecule has 1 N–H and O–H groups in total. The van der Waals surface area contributed by atoms with Crippen LogP contribution in [0, 0.1) is 12.8 Å². The van der Waals surface area contributed by atoms with Gasteiger partial charge in [-0.3, -0.25) is 4.68 Å². The molecule has 3 heterocycles. The molecule has 1 fully saturated rings. The normalized spacial score (nSPS) is 19.2. The maximum absolute atomic E-state index is 12.5. The van der Waals surface area contributed by atoms with Gasteiger partial charge in [0.1, 0.15) is 0 Å². The minimum atomic E-state index is 0.0263. The Morgan fingerprint density at radius 1 is 1.54 bits per heavy atom. The van der Waals surface area contributed by atoms with Crippen LogP contribution in [-0.4, -0.2) is 50.5 Å². The van der Waals surface area contributed by atoms with Crippen molar-refractivity contribution in [2.75, 3.05) is 19.6 Å². The van der Waals surface area contributed by atoms with E-state index in [9.17, 15) is 4.79 Å². The topological polar surface area (TPSA) is 75.9 Å². The summed E-state index contributed by atoms with van der Waals surface area (Å²) < 4.78 is 1.85. The lowest BCUT2D eigenvalue weighted by atomic mass is 9.98. The Hall–Kier alpha value is -1.96. The number of thiazole rings is 1. The number of carbonyl (C=O) groups is 1. The number of urea groups is 1. The number of nitrogens with zero attached hydrogens (tertiary/aromatic N) is 5. The Kier molecular flexibility index (Phi) is 5.44. The monoisotopic (exact) mass is 348 g/mol. The fourth-order valence-electron chi connectivity index (χ4n) is 3.03. The summed E-state index contributed by atoms with van der Waals surface area (Å²) in [5.74, 6) is 0.675. The molecule has 0 saturated carbocycles. The van der Waals surface area contributed by atoms with Crippen LogP contribution >= 0.6 is 11.3 Å². The average molecular weight is 348 g/mol.